The van der Waals surface area contributed by atoms with Gasteiger partial charge in [-0.2, -0.15) is 0 Å². The van der Waals surface area contributed by atoms with Crippen LogP contribution in [0.2, 0.25) is 0 Å². The van der Waals surface area contributed by atoms with Crippen LogP contribution in [0, 0.1) is 10.1 Å². The Morgan fingerprint density at radius 2 is 1.70 bits per heavy atom. The zero-order chi connectivity index (χ0) is 19.6. The summed E-state index contributed by atoms with van der Waals surface area (Å²) in [6.45, 7) is 0.660. The Labute approximate surface area is 155 Å². The van der Waals surface area contributed by atoms with Crippen molar-refractivity contribution in [3.8, 4) is 5.75 Å². The fourth-order valence-electron chi connectivity index (χ4n) is 2.11. The molecular weight excluding hydrogens is 354 g/mol. The first-order valence-corrected chi connectivity index (χ1v) is 8.06. The average molecular weight is 373 g/mol. The number of amides is 1. The van der Waals surface area contributed by atoms with E-state index >= 15 is 0 Å². The minimum absolute atomic E-state index is 0.0191. The van der Waals surface area contributed by atoms with Crippen molar-refractivity contribution in [3.05, 3.63) is 64.2 Å². The predicted molar refractivity (Wildman–Crippen MR) is 97.9 cm³/mol. The summed E-state index contributed by atoms with van der Waals surface area (Å²) in [4.78, 5) is 33.2. The lowest BCUT2D eigenvalue weighted by atomic mass is 10.2. The Morgan fingerprint density at radius 3 is 2.30 bits per heavy atom. The minimum Gasteiger partial charge on any atom is -0.484 e. The van der Waals surface area contributed by atoms with Gasteiger partial charge < -0.3 is 20.1 Å². The third-order valence-electron chi connectivity index (χ3n) is 3.50. The van der Waals surface area contributed by atoms with Gasteiger partial charge in [0.15, 0.2) is 6.61 Å². The maximum atomic E-state index is 11.8. The lowest BCUT2D eigenvalue weighted by molar-refractivity contribution is -0.384. The van der Waals surface area contributed by atoms with E-state index < -0.39 is 10.9 Å². The molecule has 9 nitrogen and oxygen atoms in total. The first kappa shape index (κ1) is 19.7. The number of benzene rings is 2. The second kappa shape index (κ2) is 9.76. The number of nitrogens with one attached hydrogen (secondary N) is 2. The second-order valence-electron chi connectivity index (χ2n) is 5.39. The molecule has 0 atom stereocenters. The molecule has 2 aromatic carbocycles. The molecule has 1 amide bonds. The molecule has 0 aliphatic carbocycles. The largest absolute Gasteiger partial charge is 0.484 e. The lowest BCUT2D eigenvalue weighted by Gasteiger charge is -2.09. The number of anilines is 1. The lowest BCUT2D eigenvalue weighted by Crippen LogP contribution is -2.32. The molecule has 0 spiro atoms. The van der Waals surface area contributed by atoms with E-state index in [-0.39, 0.29) is 18.2 Å². The molecule has 0 fully saturated rings. The monoisotopic (exact) mass is 373 g/mol. The number of ether oxygens (including phenoxy) is 2. The Kier molecular flexibility index (Phi) is 7.12. The van der Waals surface area contributed by atoms with E-state index in [4.69, 9.17) is 4.74 Å². The zero-order valence-electron chi connectivity index (χ0n) is 14.6. The van der Waals surface area contributed by atoms with Gasteiger partial charge in [-0.25, -0.2) is 4.79 Å². The quantitative estimate of drug-likeness (QED) is 0.298. The highest BCUT2D eigenvalue weighted by Crippen LogP contribution is 2.15. The number of carbonyl (C=O) groups is 2. The van der Waals surface area contributed by atoms with Crippen LogP contribution < -0.4 is 15.4 Å². The van der Waals surface area contributed by atoms with Crippen LogP contribution in [-0.2, 0) is 9.53 Å². The molecule has 2 aromatic rings. The van der Waals surface area contributed by atoms with Crippen molar-refractivity contribution < 1.29 is 24.0 Å². The van der Waals surface area contributed by atoms with E-state index in [9.17, 15) is 19.7 Å². The van der Waals surface area contributed by atoms with Crippen molar-refractivity contribution in [2.24, 2.45) is 0 Å². The van der Waals surface area contributed by atoms with Gasteiger partial charge in [-0.3, -0.25) is 14.9 Å². The molecular formula is C18H19N3O6. The van der Waals surface area contributed by atoms with Gasteiger partial charge in [0.25, 0.3) is 11.6 Å². The Balaban J connectivity index is 1.66. The van der Waals surface area contributed by atoms with Crippen molar-refractivity contribution in [2.75, 3.05) is 32.1 Å². The summed E-state index contributed by atoms with van der Waals surface area (Å²) in [5.74, 6) is -0.279. The van der Waals surface area contributed by atoms with E-state index in [0.717, 1.165) is 5.69 Å². The van der Waals surface area contributed by atoms with Gasteiger partial charge in [0.1, 0.15) is 5.75 Å². The molecule has 0 bridgehead atoms. The number of nitro groups is 1. The van der Waals surface area contributed by atoms with Crippen molar-refractivity contribution in [1.29, 1.82) is 0 Å². The summed E-state index contributed by atoms with van der Waals surface area (Å²) in [7, 11) is 1.30. The molecule has 0 aliphatic heterocycles. The number of nitro benzene ring substituents is 1. The third-order valence-corrected chi connectivity index (χ3v) is 3.50. The van der Waals surface area contributed by atoms with Gasteiger partial charge in [0.05, 0.1) is 17.6 Å². The number of hydrogen-bond donors (Lipinski definition) is 2. The van der Waals surface area contributed by atoms with Crippen LogP contribution in [-0.4, -0.2) is 43.6 Å². The molecule has 0 saturated heterocycles. The van der Waals surface area contributed by atoms with Crippen LogP contribution in [0.5, 0.6) is 5.75 Å². The molecule has 0 aromatic heterocycles. The van der Waals surface area contributed by atoms with Crippen LogP contribution in [0.15, 0.2) is 48.5 Å². The molecule has 0 radical (unpaired) electrons. The van der Waals surface area contributed by atoms with Crippen LogP contribution in [0.25, 0.3) is 0 Å². The van der Waals surface area contributed by atoms with E-state index in [1.165, 1.54) is 19.2 Å². The normalized spacial score (nSPS) is 9.96. The summed E-state index contributed by atoms with van der Waals surface area (Å²) in [6, 6.07) is 12.3. The highest BCUT2D eigenvalue weighted by Gasteiger charge is 2.07. The minimum atomic E-state index is -0.465. The van der Waals surface area contributed by atoms with Gasteiger partial charge in [-0.05, 0) is 36.4 Å². The highest BCUT2D eigenvalue weighted by molar-refractivity contribution is 5.89. The maximum Gasteiger partial charge on any atom is 0.337 e. The van der Waals surface area contributed by atoms with Crippen molar-refractivity contribution in [3.63, 3.8) is 0 Å². The third kappa shape index (κ3) is 6.31. The number of methoxy groups -OCH3 is 1. The molecule has 0 aliphatic rings. The van der Waals surface area contributed by atoms with Gasteiger partial charge >= 0.3 is 5.97 Å². The summed E-state index contributed by atoms with van der Waals surface area (Å²) >= 11 is 0. The van der Waals surface area contributed by atoms with Crippen molar-refractivity contribution >= 4 is 23.3 Å². The van der Waals surface area contributed by atoms with Crippen LogP contribution in [0.1, 0.15) is 10.4 Å². The highest BCUT2D eigenvalue weighted by atomic mass is 16.6. The number of rotatable bonds is 9. The standard InChI is InChI=1S/C18H19N3O6/c1-26-18(23)13-2-8-16(9-3-13)27-12-17(22)20-11-10-19-14-4-6-15(7-5-14)21(24)25/h2-9,19H,10-12H2,1H3,(H,20,22). The summed E-state index contributed by atoms with van der Waals surface area (Å²) in [6.07, 6.45) is 0. The van der Waals surface area contributed by atoms with Gasteiger partial charge in [-0.1, -0.05) is 0 Å². The van der Waals surface area contributed by atoms with Crippen molar-refractivity contribution in [2.45, 2.75) is 0 Å². The topological polar surface area (TPSA) is 120 Å². The average Bonchev–Trinajstić information content (AvgIpc) is 2.69. The fourth-order valence-corrected chi connectivity index (χ4v) is 2.11. The fraction of sp³-hybridized carbons (Fsp3) is 0.222. The maximum absolute atomic E-state index is 11.8. The molecule has 9 heteroatoms. The second-order valence-corrected chi connectivity index (χ2v) is 5.39. The van der Waals surface area contributed by atoms with Gasteiger partial charge in [0.2, 0.25) is 0 Å². The predicted octanol–water partition coefficient (Wildman–Crippen LogP) is 1.99. The smallest absolute Gasteiger partial charge is 0.337 e. The number of carbonyl (C=O) groups excluding carboxylic acids is 2. The Morgan fingerprint density at radius 1 is 1.04 bits per heavy atom. The van der Waals surface area contributed by atoms with E-state index in [2.05, 4.69) is 15.4 Å². The van der Waals surface area contributed by atoms with Crippen molar-refractivity contribution in [1.82, 2.24) is 5.32 Å². The zero-order valence-corrected chi connectivity index (χ0v) is 14.6. The number of nitrogens with zero attached hydrogens (tertiary/aromatic N) is 1. The molecule has 2 N–H and O–H groups in total. The summed E-state index contributed by atoms with van der Waals surface area (Å²) in [5, 5.41) is 16.3. The molecule has 0 heterocycles. The molecule has 27 heavy (non-hydrogen) atoms. The van der Waals surface area contributed by atoms with Gasteiger partial charge in [0, 0.05) is 30.9 Å². The first-order valence-electron chi connectivity index (χ1n) is 8.06. The number of non-ortho nitro benzene ring substituents is 1. The number of hydrogen-bond acceptors (Lipinski definition) is 7. The number of esters is 1. The molecule has 2 rings (SSSR count). The Bertz CT molecular complexity index is 790. The van der Waals surface area contributed by atoms with E-state index in [1.54, 1.807) is 36.4 Å². The molecule has 0 unspecified atom stereocenters. The molecule has 0 saturated carbocycles. The van der Waals surface area contributed by atoms with Crippen LogP contribution in [0.3, 0.4) is 0 Å². The summed E-state index contributed by atoms with van der Waals surface area (Å²) in [5.41, 5.74) is 1.13. The van der Waals surface area contributed by atoms with Crippen LogP contribution >= 0.6 is 0 Å². The van der Waals surface area contributed by atoms with Crippen LogP contribution in [0.4, 0.5) is 11.4 Å². The summed E-state index contributed by atoms with van der Waals surface area (Å²) < 4.78 is 9.94. The van der Waals surface area contributed by atoms with E-state index in [0.29, 0.717) is 24.4 Å². The van der Waals surface area contributed by atoms with E-state index in [1.807, 2.05) is 0 Å². The SMILES string of the molecule is COC(=O)c1ccc(OCC(=O)NCCNc2ccc([N+](=O)[O-])cc2)cc1. The first-order chi connectivity index (χ1) is 13.0. The van der Waals surface area contributed by atoms with Gasteiger partial charge in [-0.15, -0.1) is 0 Å². The molecule has 142 valence electrons. The Hall–Kier alpha value is -3.62.